The summed E-state index contributed by atoms with van der Waals surface area (Å²) in [4.78, 5) is 10.1. The summed E-state index contributed by atoms with van der Waals surface area (Å²) in [6.07, 6.45) is 2.48. The third kappa shape index (κ3) is 7.46. The van der Waals surface area contributed by atoms with Crippen molar-refractivity contribution in [3.8, 4) is 0 Å². The largest absolute Gasteiger partial charge is 0.480 e. The summed E-state index contributed by atoms with van der Waals surface area (Å²) >= 11 is 1.60. The van der Waals surface area contributed by atoms with Crippen molar-refractivity contribution in [1.82, 2.24) is 0 Å². The third-order valence-corrected chi connectivity index (χ3v) is 1.59. The Labute approximate surface area is 105 Å². The van der Waals surface area contributed by atoms with Crippen molar-refractivity contribution in [2.75, 3.05) is 12.0 Å². The first-order valence-electron chi connectivity index (χ1n) is 2.65. The van der Waals surface area contributed by atoms with Gasteiger partial charge in [0.2, 0.25) is 0 Å². The van der Waals surface area contributed by atoms with Gasteiger partial charge in [0.15, 0.2) is 0 Å². The van der Waals surface area contributed by atoms with Gasteiger partial charge < -0.3 is 10.8 Å². The van der Waals surface area contributed by atoms with Gasteiger partial charge in [-0.15, -0.1) is 0 Å². The Hall–Kier alpha value is 1.35. The van der Waals surface area contributed by atoms with Crippen LogP contribution in [0.15, 0.2) is 0 Å². The second kappa shape index (κ2) is 8.45. The van der Waals surface area contributed by atoms with E-state index >= 15 is 0 Å². The summed E-state index contributed by atoms with van der Waals surface area (Å²) in [5, 5.41) is 8.27. The molecule has 5 heteroatoms. The molecule has 0 aromatic rings. The zero-order chi connectivity index (χ0) is 7.28. The van der Waals surface area contributed by atoms with Crippen molar-refractivity contribution in [2.24, 2.45) is 5.73 Å². The maximum atomic E-state index is 10.1. The van der Waals surface area contributed by atoms with E-state index in [0.29, 0.717) is 6.42 Å². The monoisotopic (exact) mass is 287 g/mol. The molecule has 3 N–H and O–H groups in total. The molecule has 56 valence electrons. The van der Waals surface area contributed by atoms with E-state index < -0.39 is 12.0 Å². The van der Waals surface area contributed by atoms with E-state index in [4.69, 9.17) is 10.8 Å². The van der Waals surface area contributed by atoms with Crippen LogP contribution in [0.25, 0.3) is 0 Å². The van der Waals surface area contributed by atoms with Crippen LogP contribution in [0.1, 0.15) is 6.42 Å². The number of hydrogen-bond acceptors (Lipinski definition) is 3. The normalized spacial score (nSPS) is 11.8. The fourth-order valence-corrected chi connectivity index (χ4v) is 0.858. The number of carboxylic acid groups (broad SMARTS) is 1. The van der Waals surface area contributed by atoms with Gasteiger partial charge in [0, 0.05) is 48.9 Å². The summed E-state index contributed by atoms with van der Waals surface area (Å²) in [7, 11) is 0. The average Bonchev–Trinajstić information content (AvgIpc) is 1.82. The van der Waals surface area contributed by atoms with Gasteiger partial charge in [-0.3, -0.25) is 4.79 Å². The van der Waals surface area contributed by atoms with Crippen molar-refractivity contribution in [1.29, 1.82) is 0 Å². The topological polar surface area (TPSA) is 63.3 Å². The third-order valence-electron chi connectivity index (χ3n) is 0.950. The number of rotatable bonds is 4. The molecule has 0 aliphatic carbocycles. The SMILES string of the molecule is CSCC[C@H](N)C(=O)O.[Ba]. The van der Waals surface area contributed by atoms with E-state index in [1.807, 2.05) is 6.26 Å². The van der Waals surface area contributed by atoms with Crippen molar-refractivity contribution < 1.29 is 9.90 Å². The Morgan fingerprint density at radius 1 is 1.80 bits per heavy atom. The maximum absolute atomic E-state index is 10.1. The molecule has 0 aromatic carbocycles. The van der Waals surface area contributed by atoms with Gasteiger partial charge in [-0.1, -0.05) is 0 Å². The van der Waals surface area contributed by atoms with Gasteiger partial charge in [0.05, 0.1) is 0 Å². The van der Waals surface area contributed by atoms with Crippen molar-refractivity contribution in [3.63, 3.8) is 0 Å². The van der Waals surface area contributed by atoms with E-state index in [1.165, 1.54) is 0 Å². The van der Waals surface area contributed by atoms with Crippen LogP contribution < -0.4 is 5.73 Å². The molecule has 3 nitrogen and oxygen atoms in total. The van der Waals surface area contributed by atoms with E-state index in [9.17, 15) is 4.79 Å². The van der Waals surface area contributed by atoms with Gasteiger partial charge in [0.1, 0.15) is 6.04 Å². The predicted molar refractivity (Wildman–Crippen MR) is 44.4 cm³/mol. The smallest absolute Gasteiger partial charge is 0.320 e. The summed E-state index contributed by atoms with van der Waals surface area (Å²) in [6, 6.07) is -0.683. The molecule has 10 heavy (non-hydrogen) atoms. The molecule has 0 aromatic heterocycles. The first-order chi connectivity index (χ1) is 4.18. The van der Waals surface area contributed by atoms with Gasteiger partial charge in [0.25, 0.3) is 0 Å². The van der Waals surface area contributed by atoms with Crippen molar-refractivity contribution in [2.45, 2.75) is 12.5 Å². The zero-order valence-electron chi connectivity index (χ0n) is 6.04. The molecule has 0 spiro atoms. The molecular formula is C5H11BaNO2S. The molecule has 0 fully saturated rings. The van der Waals surface area contributed by atoms with Gasteiger partial charge >= 0.3 is 5.97 Å². The number of thioether (sulfide) groups is 1. The molecule has 2 radical (unpaired) electrons. The summed E-state index contributed by atoms with van der Waals surface area (Å²) in [5.74, 6) is -0.1000. The van der Waals surface area contributed by atoms with Crippen LogP contribution in [0.4, 0.5) is 0 Å². The molecule has 0 bridgehead atoms. The van der Waals surface area contributed by atoms with Crippen molar-refractivity contribution >= 4 is 66.6 Å². The Balaban J connectivity index is 0. The Bertz CT molecular complexity index is 102. The molecule has 0 heterocycles. The second-order valence-corrected chi connectivity index (χ2v) is 2.71. The van der Waals surface area contributed by atoms with E-state index in [1.54, 1.807) is 11.8 Å². The Kier molecular flexibility index (Phi) is 11.8. The Morgan fingerprint density at radius 3 is 2.60 bits per heavy atom. The van der Waals surface area contributed by atoms with Crippen LogP contribution in [0.2, 0.25) is 0 Å². The summed E-state index contributed by atoms with van der Waals surface area (Å²) in [6.45, 7) is 0. The van der Waals surface area contributed by atoms with Crippen LogP contribution in [-0.4, -0.2) is 78.0 Å². The van der Waals surface area contributed by atoms with Gasteiger partial charge in [-0.05, 0) is 18.4 Å². The number of aliphatic carboxylic acids is 1. The number of nitrogens with two attached hydrogens (primary N) is 1. The van der Waals surface area contributed by atoms with Crippen LogP contribution in [-0.2, 0) is 4.79 Å². The van der Waals surface area contributed by atoms with E-state index in [-0.39, 0.29) is 48.9 Å². The first-order valence-corrected chi connectivity index (χ1v) is 4.05. The molecule has 1 atom stereocenters. The summed E-state index contributed by atoms with van der Waals surface area (Å²) in [5.41, 5.74) is 5.19. The predicted octanol–water partition coefficient (Wildman–Crippen LogP) is -0.229. The molecule has 0 rings (SSSR count). The quantitative estimate of drug-likeness (QED) is 0.701. The standard InChI is InChI=1S/C5H11NO2S.Ba/c1-9-3-2-4(6)5(7)8;/h4H,2-3,6H2,1H3,(H,7,8);/t4-;/m0./s1. The molecular weight excluding hydrogens is 275 g/mol. The van der Waals surface area contributed by atoms with E-state index in [0.717, 1.165) is 5.75 Å². The molecule has 0 saturated heterocycles. The maximum Gasteiger partial charge on any atom is 0.320 e. The van der Waals surface area contributed by atoms with Crippen molar-refractivity contribution in [3.05, 3.63) is 0 Å². The van der Waals surface area contributed by atoms with Crippen LogP contribution in [0, 0.1) is 0 Å². The van der Waals surface area contributed by atoms with Crippen LogP contribution in [0.5, 0.6) is 0 Å². The fraction of sp³-hybridized carbons (Fsp3) is 0.800. The molecule has 0 amide bonds. The van der Waals surface area contributed by atoms with Crippen LogP contribution >= 0.6 is 11.8 Å². The minimum Gasteiger partial charge on any atom is -0.480 e. The van der Waals surface area contributed by atoms with Gasteiger partial charge in [-0.2, -0.15) is 11.8 Å². The average molecular weight is 287 g/mol. The minimum atomic E-state index is -0.913. The molecule has 0 aliphatic rings. The van der Waals surface area contributed by atoms with Crippen LogP contribution in [0.3, 0.4) is 0 Å². The number of hydrogen-bond donors (Lipinski definition) is 2. The number of carboxylic acids is 1. The molecule has 0 saturated carbocycles. The molecule has 0 unspecified atom stereocenters. The zero-order valence-corrected chi connectivity index (χ0v) is 11.3. The fourth-order valence-electron chi connectivity index (χ4n) is 0.368. The number of carbonyl (C=O) groups is 1. The Morgan fingerprint density at radius 2 is 2.30 bits per heavy atom. The van der Waals surface area contributed by atoms with Gasteiger partial charge in [-0.25, -0.2) is 0 Å². The summed E-state index contributed by atoms with van der Waals surface area (Å²) < 4.78 is 0. The first kappa shape index (κ1) is 13.9. The molecule has 0 aliphatic heterocycles. The minimum absolute atomic E-state index is 0. The van der Waals surface area contributed by atoms with E-state index in [2.05, 4.69) is 0 Å². The second-order valence-electron chi connectivity index (χ2n) is 1.73.